The molecular weight excluding hydrogens is 262 g/mol. The Morgan fingerprint density at radius 1 is 1.41 bits per heavy atom. The first-order valence-electron chi connectivity index (χ1n) is 4.49. The van der Waals surface area contributed by atoms with Gasteiger partial charge >= 0.3 is 5.97 Å². The first kappa shape index (κ1) is 11.8. The summed E-state index contributed by atoms with van der Waals surface area (Å²) in [6.45, 7) is 0. The lowest BCUT2D eigenvalue weighted by Gasteiger charge is -2.02. The number of aromatic nitrogens is 3. The maximum atomic E-state index is 10.7. The van der Waals surface area contributed by atoms with Crippen molar-refractivity contribution in [2.24, 2.45) is 0 Å². The molecule has 0 aromatic carbocycles. The van der Waals surface area contributed by atoms with Crippen molar-refractivity contribution in [2.45, 2.75) is 10.1 Å². The standard InChI is InChI=1S/C10H6ClN3O2S/c11-7-3-6(10(15)16)4-13-9(7)17-8-1-2-12-5-14-8/h1-5H,(H,15,16). The lowest BCUT2D eigenvalue weighted by molar-refractivity contribution is 0.0696. The smallest absolute Gasteiger partial charge is 0.337 e. The molecule has 0 unspecified atom stereocenters. The molecule has 17 heavy (non-hydrogen) atoms. The van der Waals surface area contributed by atoms with E-state index in [-0.39, 0.29) is 10.6 Å². The molecule has 0 aliphatic carbocycles. The van der Waals surface area contributed by atoms with E-state index in [9.17, 15) is 4.79 Å². The molecule has 0 aliphatic rings. The van der Waals surface area contributed by atoms with Gasteiger partial charge in [0.15, 0.2) is 0 Å². The van der Waals surface area contributed by atoms with Gasteiger partial charge in [-0.25, -0.2) is 19.7 Å². The summed E-state index contributed by atoms with van der Waals surface area (Å²) >= 11 is 7.18. The highest BCUT2D eigenvalue weighted by Gasteiger charge is 2.10. The summed E-state index contributed by atoms with van der Waals surface area (Å²) in [6.07, 6.45) is 4.29. The van der Waals surface area contributed by atoms with Gasteiger partial charge in [0, 0.05) is 12.4 Å². The molecule has 0 amide bonds. The predicted octanol–water partition coefficient (Wildman–Crippen LogP) is 2.37. The molecule has 2 heterocycles. The first-order valence-corrected chi connectivity index (χ1v) is 5.69. The number of carboxylic acid groups (broad SMARTS) is 1. The minimum absolute atomic E-state index is 0.0574. The van der Waals surface area contributed by atoms with Gasteiger partial charge < -0.3 is 5.11 Å². The Morgan fingerprint density at radius 2 is 2.24 bits per heavy atom. The molecule has 5 nitrogen and oxygen atoms in total. The van der Waals surface area contributed by atoms with Gasteiger partial charge in [-0.1, -0.05) is 11.6 Å². The van der Waals surface area contributed by atoms with Crippen molar-refractivity contribution in [3.8, 4) is 0 Å². The minimum Gasteiger partial charge on any atom is -0.478 e. The van der Waals surface area contributed by atoms with Crippen LogP contribution < -0.4 is 0 Å². The van der Waals surface area contributed by atoms with E-state index in [4.69, 9.17) is 16.7 Å². The van der Waals surface area contributed by atoms with Gasteiger partial charge in [0.05, 0.1) is 10.6 Å². The van der Waals surface area contributed by atoms with Crippen LogP contribution in [-0.2, 0) is 0 Å². The summed E-state index contributed by atoms with van der Waals surface area (Å²) in [5.41, 5.74) is 0.0574. The molecule has 0 saturated carbocycles. The Balaban J connectivity index is 2.26. The van der Waals surface area contributed by atoms with Crippen molar-refractivity contribution in [1.82, 2.24) is 15.0 Å². The fourth-order valence-corrected chi connectivity index (χ4v) is 2.03. The van der Waals surface area contributed by atoms with Crippen LogP contribution in [0.15, 0.2) is 40.9 Å². The quantitative estimate of drug-likeness (QED) is 0.861. The Morgan fingerprint density at radius 3 is 2.82 bits per heavy atom. The summed E-state index contributed by atoms with van der Waals surface area (Å²) < 4.78 is 0. The van der Waals surface area contributed by atoms with Crippen LogP contribution in [0.25, 0.3) is 0 Å². The second-order valence-corrected chi connectivity index (χ2v) is 4.38. The zero-order chi connectivity index (χ0) is 12.3. The molecule has 0 aliphatic heterocycles. The molecule has 2 rings (SSSR count). The van der Waals surface area contributed by atoms with E-state index >= 15 is 0 Å². The number of hydrogen-bond donors (Lipinski definition) is 1. The van der Waals surface area contributed by atoms with Crippen LogP contribution in [0, 0.1) is 0 Å². The largest absolute Gasteiger partial charge is 0.478 e. The second-order valence-electron chi connectivity index (χ2n) is 2.97. The fraction of sp³-hybridized carbons (Fsp3) is 0. The van der Waals surface area contributed by atoms with Gasteiger partial charge in [-0.05, 0) is 23.9 Å². The van der Waals surface area contributed by atoms with E-state index in [2.05, 4.69) is 15.0 Å². The van der Waals surface area contributed by atoms with E-state index in [1.165, 1.54) is 30.4 Å². The van der Waals surface area contributed by atoms with Crippen molar-refractivity contribution < 1.29 is 9.90 Å². The van der Waals surface area contributed by atoms with Gasteiger partial charge in [0.2, 0.25) is 0 Å². The molecule has 0 spiro atoms. The summed E-state index contributed by atoms with van der Waals surface area (Å²) in [6, 6.07) is 3.08. The molecule has 2 aromatic heterocycles. The van der Waals surface area contributed by atoms with E-state index in [0.717, 1.165) is 0 Å². The SMILES string of the molecule is O=C(O)c1cnc(Sc2ccncn2)c(Cl)c1. The van der Waals surface area contributed by atoms with Crippen LogP contribution in [0.3, 0.4) is 0 Å². The monoisotopic (exact) mass is 267 g/mol. The topological polar surface area (TPSA) is 76.0 Å². The summed E-state index contributed by atoms with van der Waals surface area (Å²) in [4.78, 5) is 22.5. The van der Waals surface area contributed by atoms with E-state index in [1.54, 1.807) is 12.3 Å². The zero-order valence-corrected chi connectivity index (χ0v) is 9.94. The van der Waals surface area contributed by atoms with Crippen LogP contribution in [0.2, 0.25) is 5.02 Å². The molecule has 1 N–H and O–H groups in total. The number of hydrogen-bond acceptors (Lipinski definition) is 5. The molecule has 0 saturated heterocycles. The van der Waals surface area contributed by atoms with Crippen molar-refractivity contribution in [3.05, 3.63) is 41.4 Å². The Labute approximate surface area is 106 Å². The molecular formula is C10H6ClN3O2S. The predicted molar refractivity (Wildman–Crippen MR) is 62.4 cm³/mol. The third-order valence-corrected chi connectivity index (χ3v) is 3.18. The van der Waals surface area contributed by atoms with E-state index in [1.807, 2.05) is 0 Å². The summed E-state index contributed by atoms with van der Waals surface area (Å²) in [7, 11) is 0. The Kier molecular flexibility index (Phi) is 3.55. The van der Waals surface area contributed by atoms with Gasteiger partial charge in [-0.3, -0.25) is 0 Å². The normalized spacial score (nSPS) is 10.2. The third-order valence-electron chi connectivity index (χ3n) is 1.81. The van der Waals surface area contributed by atoms with Gasteiger partial charge in [0.25, 0.3) is 0 Å². The lowest BCUT2D eigenvalue weighted by Crippen LogP contribution is -1.97. The van der Waals surface area contributed by atoms with Crippen LogP contribution >= 0.6 is 23.4 Å². The highest BCUT2D eigenvalue weighted by atomic mass is 35.5. The third kappa shape index (κ3) is 2.92. The Hall–Kier alpha value is -1.66. The summed E-state index contributed by atoms with van der Waals surface area (Å²) in [5, 5.41) is 10.3. The minimum atomic E-state index is -1.06. The number of carboxylic acids is 1. The zero-order valence-electron chi connectivity index (χ0n) is 8.37. The fourth-order valence-electron chi connectivity index (χ4n) is 1.06. The van der Waals surface area contributed by atoms with Crippen molar-refractivity contribution >= 4 is 29.3 Å². The number of pyridine rings is 1. The van der Waals surface area contributed by atoms with Crippen LogP contribution in [0.1, 0.15) is 10.4 Å². The number of nitrogens with zero attached hydrogens (tertiary/aromatic N) is 3. The number of carbonyl (C=O) groups is 1. The Bertz CT molecular complexity index is 551. The molecule has 7 heteroatoms. The van der Waals surface area contributed by atoms with Gasteiger partial charge in [0.1, 0.15) is 16.4 Å². The number of halogens is 1. The lowest BCUT2D eigenvalue weighted by atomic mass is 10.3. The molecule has 86 valence electrons. The van der Waals surface area contributed by atoms with Crippen LogP contribution in [-0.4, -0.2) is 26.0 Å². The maximum Gasteiger partial charge on any atom is 0.337 e. The van der Waals surface area contributed by atoms with Crippen LogP contribution in [0.5, 0.6) is 0 Å². The molecule has 0 radical (unpaired) electrons. The molecule has 2 aromatic rings. The average Bonchev–Trinajstić information content (AvgIpc) is 2.33. The highest BCUT2D eigenvalue weighted by molar-refractivity contribution is 7.99. The molecule has 0 fully saturated rings. The van der Waals surface area contributed by atoms with Crippen molar-refractivity contribution in [3.63, 3.8) is 0 Å². The van der Waals surface area contributed by atoms with Crippen LogP contribution in [0.4, 0.5) is 0 Å². The molecule has 0 atom stereocenters. The summed E-state index contributed by atoms with van der Waals surface area (Å²) in [5.74, 6) is -1.06. The van der Waals surface area contributed by atoms with Gasteiger partial charge in [-0.15, -0.1) is 0 Å². The maximum absolute atomic E-state index is 10.7. The second kappa shape index (κ2) is 5.11. The molecule has 0 bridgehead atoms. The number of rotatable bonds is 3. The van der Waals surface area contributed by atoms with E-state index in [0.29, 0.717) is 10.1 Å². The highest BCUT2D eigenvalue weighted by Crippen LogP contribution is 2.30. The van der Waals surface area contributed by atoms with Crippen molar-refractivity contribution in [1.29, 1.82) is 0 Å². The van der Waals surface area contributed by atoms with Crippen molar-refractivity contribution in [2.75, 3.05) is 0 Å². The first-order chi connectivity index (χ1) is 8.16. The average molecular weight is 268 g/mol. The van der Waals surface area contributed by atoms with E-state index < -0.39 is 5.97 Å². The number of aromatic carboxylic acids is 1. The van der Waals surface area contributed by atoms with Gasteiger partial charge in [-0.2, -0.15) is 0 Å².